The number of likely N-dealkylation sites (N-methyl/N-ethyl adjacent to an activating group) is 1. The highest BCUT2D eigenvalue weighted by molar-refractivity contribution is 5.96. The Kier molecular flexibility index (Phi) is 14.6. The number of para-hydroxylation sites is 1. The third-order valence-electron chi connectivity index (χ3n) is 9.48. The van der Waals surface area contributed by atoms with Gasteiger partial charge < -0.3 is 41.2 Å². The van der Waals surface area contributed by atoms with E-state index < -0.39 is 48.0 Å². The number of aromatic nitrogens is 1. The van der Waals surface area contributed by atoms with Crippen LogP contribution in [0.5, 0.6) is 0 Å². The first-order chi connectivity index (χ1) is 25.0. The van der Waals surface area contributed by atoms with Gasteiger partial charge >= 0.3 is 12.0 Å². The minimum atomic E-state index is -1.12. The lowest BCUT2D eigenvalue weighted by atomic mass is 9.96. The van der Waals surface area contributed by atoms with Crippen LogP contribution in [0.25, 0.3) is 10.9 Å². The van der Waals surface area contributed by atoms with Crippen LogP contribution in [-0.2, 0) is 41.6 Å². The molecule has 4 atom stereocenters. The van der Waals surface area contributed by atoms with Crippen molar-refractivity contribution in [3.63, 3.8) is 0 Å². The number of carbonyl (C=O) groups is 6. The Morgan fingerprint density at radius 2 is 1.71 bits per heavy atom. The monoisotopic (exact) mass is 717 g/mol. The van der Waals surface area contributed by atoms with Crippen LogP contribution in [-0.4, -0.2) is 101 Å². The van der Waals surface area contributed by atoms with Crippen molar-refractivity contribution in [2.24, 2.45) is 5.73 Å². The molecule has 280 valence electrons. The van der Waals surface area contributed by atoms with Crippen LogP contribution in [0.3, 0.4) is 0 Å². The summed E-state index contributed by atoms with van der Waals surface area (Å²) in [6.07, 6.45) is 5.05. The number of nitrogens with two attached hydrogens (primary N) is 1. The molecule has 1 fully saturated rings. The molecular weight excluding hydrogens is 666 g/mol. The topological polar surface area (TPSA) is 196 Å². The fourth-order valence-electron chi connectivity index (χ4n) is 6.59. The van der Waals surface area contributed by atoms with E-state index in [2.05, 4.69) is 20.9 Å². The van der Waals surface area contributed by atoms with E-state index in [-0.39, 0.29) is 37.8 Å². The molecular formula is C38H51N7O7. The van der Waals surface area contributed by atoms with Crippen molar-refractivity contribution >= 4 is 46.5 Å². The number of hydrogen-bond donors (Lipinski definition) is 5. The Labute approximate surface area is 304 Å². The van der Waals surface area contributed by atoms with Crippen LogP contribution in [0.2, 0.25) is 0 Å². The second-order valence-corrected chi connectivity index (χ2v) is 13.1. The van der Waals surface area contributed by atoms with Crippen LogP contribution >= 0.6 is 0 Å². The summed E-state index contributed by atoms with van der Waals surface area (Å²) in [5, 5.41) is 9.02. The molecule has 0 aliphatic carbocycles. The van der Waals surface area contributed by atoms with Crippen molar-refractivity contribution in [2.75, 3.05) is 26.7 Å². The third kappa shape index (κ3) is 10.8. The number of nitrogens with one attached hydrogen (secondary N) is 4. The first-order valence-corrected chi connectivity index (χ1v) is 17.9. The number of urea groups is 1. The molecule has 0 bridgehead atoms. The van der Waals surface area contributed by atoms with Crippen LogP contribution < -0.4 is 21.7 Å². The van der Waals surface area contributed by atoms with E-state index in [0.29, 0.717) is 45.1 Å². The molecule has 1 aliphatic heterocycles. The molecule has 1 aliphatic rings. The van der Waals surface area contributed by atoms with Crippen molar-refractivity contribution in [1.82, 2.24) is 30.7 Å². The molecule has 14 heteroatoms. The Hall–Kier alpha value is -5.40. The third-order valence-corrected chi connectivity index (χ3v) is 9.48. The molecule has 0 spiro atoms. The Bertz CT molecular complexity index is 1690. The average Bonchev–Trinajstić information content (AvgIpc) is 3.55. The van der Waals surface area contributed by atoms with Crippen LogP contribution in [0, 0.1) is 0 Å². The number of aromatic amines is 1. The normalized spacial score (nSPS) is 15.9. The summed E-state index contributed by atoms with van der Waals surface area (Å²) < 4.78 is 5.22. The zero-order valence-electron chi connectivity index (χ0n) is 30.2. The van der Waals surface area contributed by atoms with E-state index in [1.54, 1.807) is 25.1 Å². The molecule has 0 unspecified atom stereocenters. The zero-order chi connectivity index (χ0) is 37.6. The van der Waals surface area contributed by atoms with Gasteiger partial charge in [0.15, 0.2) is 0 Å². The summed E-state index contributed by atoms with van der Waals surface area (Å²) in [6, 6.07) is 12.7. The molecule has 0 saturated carbocycles. The number of likely N-dealkylation sites (tertiary alicyclic amines) is 1. The number of benzene rings is 2. The van der Waals surface area contributed by atoms with Crippen molar-refractivity contribution in [3.8, 4) is 0 Å². The molecule has 3 aromatic rings. The van der Waals surface area contributed by atoms with Gasteiger partial charge in [0.25, 0.3) is 0 Å². The van der Waals surface area contributed by atoms with Gasteiger partial charge in [0, 0.05) is 50.6 Å². The Morgan fingerprint density at radius 3 is 2.42 bits per heavy atom. The van der Waals surface area contributed by atoms with Gasteiger partial charge in [-0.25, -0.2) is 9.59 Å². The lowest BCUT2D eigenvalue weighted by Gasteiger charge is -2.39. The number of piperidine rings is 1. The van der Waals surface area contributed by atoms with Gasteiger partial charge in [-0.05, 0) is 69.1 Å². The molecule has 14 nitrogen and oxygen atoms in total. The molecule has 2 aromatic carbocycles. The van der Waals surface area contributed by atoms with Gasteiger partial charge in [0.05, 0.1) is 6.61 Å². The van der Waals surface area contributed by atoms with Crippen molar-refractivity contribution in [3.05, 3.63) is 71.9 Å². The van der Waals surface area contributed by atoms with Gasteiger partial charge in [-0.3, -0.25) is 19.2 Å². The van der Waals surface area contributed by atoms with Crippen LogP contribution in [0.4, 0.5) is 4.79 Å². The number of H-pyrrole nitrogens is 1. The minimum absolute atomic E-state index is 0.0911. The SMILES string of the molecule is CCOC(=O)[C@H](CCCNC(N)=O)NC(=O)[C@H](Cc1c[nH]c2ccccc12)NC(=O)[C@@H]1CCCCN1C(=O)[C@H](CCc1ccccc1)N(C)C(C)=O. The maximum atomic E-state index is 14.2. The molecule has 6 N–H and O–H groups in total. The fourth-order valence-corrected chi connectivity index (χ4v) is 6.59. The molecule has 4 rings (SSSR count). The van der Waals surface area contributed by atoms with Gasteiger partial charge in [0.1, 0.15) is 24.2 Å². The number of carbonyl (C=O) groups excluding carboxylic acids is 6. The molecule has 1 aromatic heterocycles. The number of ether oxygens (including phenoxy) is 1. The van der Waals surface area contributed by atoms with Crippen molar-refractivity contribution in [1.29, 1.82) is 0 Å². The van der Waals surface area contributed by atoms with Gasteiger partial charge in [-0.1, -0.05) is 48.5 Å². The second-order valence-electron chi connectivity index (χ2n) is 13.1. The summed E-state index contributed by atoms with van der Waals surface area (Å²) in [5.41, 5.74) is 7.82. The molecule has 6 amide bonds. The quantitative estimate of drug-likeness (QED) is 0.105. The van der Waals surface area contributed by atoms with Gasteiger partial charge in [0.2, 0.25) is 23.6 Å². The van der Waals surface area contributed by atoms with Gasteiger partial charge in [-0.2, -0.15) is 0 Å². The number of hydrogen-bond acceptors (Lipinski definition) is 7. The lowest BCUT2D eigenvalue weighted by Crippen LogP contribution is -2.60. The van der Waals surface area contributed by atoms with E-state index in [4.69, 9.17) is 10.5 Å². The Balaban J connectivity index is 1.58. The van der Waals surface area contributed by atoms with Crippen LogP contribution in [0.1, 0.15) is 63.5 Å². The fraction of sp³-hybridized carbons (Fsp3) is 0.474. The van der Waals surface area contributed by atoms with E-state index in [1.807, 2.05) is 54.6 Å². The number of esters is 1. The first-order valence-electron chi connectivity index (χ1n) is 17.9. The maximum absolute atomic E-state index is 14.2. The van der Waals surface area contributed by atoms with E-state index >= 15 is 0 Å². The minimum Gasteiger partial charge on any atom is -0.464 e. The highest BCUT2D eigenvalue weighted by Crippen LogP contribution is 2.23. The number of amides is 6. The molecule has 1 saturated heterocycles. The predicted molar refractivity (Wildman–Crippen MR) is 196 cm³/mol. The van der Waals surface area contributed by atoms with Crippen molar-refractivity contribution in [2.45, 2.75) is 89.4 Å². The average molecular weight is 718 g/mol. The predicted octanol–water partition coefficient (Wildman–Crippen LogP) is 2.55. The first kappa shape index (κ1) is 39.4. The largest absolute Gasteiger partial charge is 0.464 e. The van der Waals surface area contributed by atoms with E-state index in [9.17, 15) is 28.8 Å². The highest BCUT2D eigenvalue weighted by Gasteiger charge is 2.39. The summed E-state index contributed by atoms with van der Waals surface area (Å²) in [4.78, 5) is 85.2. The number of primary amides is 1. The number of fused-ring (bicyclic) bond motifs is 1. The summed E-state index contributed by atoms with van der Waals surface area (Å²) >= 11 is 0. The maximum Gasteiger partial charge on any atom is 0.328 e. The van der Waals surface area contributed by atoms with E-state index in [0.717, 1.165) is 22.0 Å². The van der Waals surface area contributed by atoms with Crippen LogP contribution in [0.15, 0.2) is 60.8 Å². The zero-order valence-corrected chi connectivity index (χ0v) is 30.2. The smallest absolute Gasteiger partial charge is 0.328 e. The Morgan fingerprint density at radius 1 is 0.981 bits per heavy atom. The summed E-state index contributed by atoms with van der Waals surface area (Å²) in [5.74, 6) is -2.34. The molecule has 2 heterocycles. The lowest BCUT2D eigenvalue weighted by molar-refractivity contribution is -0.150. The summed E-state index contributed by atoms with van der Waals surface area (Å²) in [6.45, 7) is 3.68. The second kappa shape index (κ2) is 19.3. The number of rotatable bonds is 17. The molecule has 0 radical (unpaired) electrons. The van der Waals surface area contributed by atoms with Gasteiger partial charge in [-0.15, -0.1) is 0 Å². The highest BCUT2D eigenvalue weighted by atomic mass is 16.5. The summed E-state index contributed by atoms with van der Waals surface area (Å²) in [7, 11) is 1.60. The van der Waals surface area contributed by atoms with E-state index in [1.165, 1.54) is 11.8 Å². The number of nitrogens with zero attached hydrogens (tertiary/aromatic N) is 2. The standard InChI is InChI=1S/C38H51N7O7/c1-4-52-37(50)30(17-12-21-40-38(39)51)42-34(47)31(23-27-24-41-29-16-9-8-15-28(27)29)43-35(48)32-18-10-11-22-45(32)36(49)33(44(3)25(2)46)20-19-26-13-6-5-7-14-26/h5-9,13-16,24,30-33,41H,4,10-12,17-23H2,1-3H3,(H,42,47)(H,43,48)(H3,39,40,51)/t30-,31-,32-,33-/m0/s1. The van der Waals surface area contributed by atoms with Crippen molar-refractivity contribution < 1.29 is 33.5 Å². The number of aryl methyl sites for hydroxylation is 1. The molecule has 52 heavy (non-hydrogen) atoms.